The molecule has 0 spiro atoms. The van der Waals surface area contributed by atoms with Crippen molar-refractivity contribution in [1.29, 1.82) is 0 Å². The van der Waals surface area contributed by atoms with E-state index in [0.717, 1.165) is 20.9 Å². The van der Waals surface area contributed by atoms with Crippen molar-refractivity contribution in [1.82, 2.24) is 4.98 Å². The van der Waals surface area contributed by atoms with Crippen molar-refractivity contribution in [2.75, 3.05) is 0 Å². The van der Waals surface area contributed by atoms with E-state index < -0.39 is 0 Å². The van der Waals surface area contributed by atoms with E-state index in [2.05, 4.69) is 20.9 Å². The summed E-state index contributed by atoms with van der Waals surface area (Å²) in [6.45, 7) is 2.51. The van der Waals surface area contributed by atoms with Gasteiger partial charge in [0, 0.05) is 5.38 Å². The molecule has 1 heterocycles. The zero-order valence-electron chi connectivity index (χ0n) is 8.24. The first-order valence-electron chi connectivity index (χ1n) is 4.54. The molecule has 1 aromatic heterocycles. The van der Waals surface area contributed by atoms with Crippen LogP contribution in [0.25, 0.3) is 0 Å². The molecule has 4 heteroatoms. The number of hydrogen-bond donors (Lipinski definition) is 0. The first kappa shape index (κ1) is 10.6. The number of aryl methyl sites for hydroxylation is 1. The molecule has 0 fully saturated rings. The molecule has 15 heavy (non-hydrogen) atoms. The molecular weight excluding hydrogens is 274 g/mol. The summed E-state index contributed by atoms with van der Waals surface area (Å²) < 4.78 is 6.60. The molecule has 78 valence electrons. The highest BCUT2D eigenvalue weighted by molar-refractivity contribution is 9.10. The largest absolute Gasteiger partial charge is 0.486 e. The highest BCUT2D eigenvalue weighted by atomic mass is 79.9. The fourth-order valence-corrected chi connectivity index (χ4v) is 2.18. The minimum absolute atomic E-state index is 0.521. The van der Waals surface area contributed by atoms with Gasteiger partial charge in [0.15, 0.2) is 0 Å². The highest BCUT2D eigenvalue weighted by Gasteiger charge is 2.02. The van der Waals surface area contributed by atoms with Gasteiger partial charge in [0.1, 0.15) is 12.4 Å². The normalized spacial score (nSPS) is 10.3. The molecule has 0 atom stereocenters. The maximum absolute atomic E-state index is 5.63. The van der Waals surface area contributed by atoms with E-state index in [4.69, 9.17) is 4.74 Å². The van der Waals surface area contributed by atoms with Gasteiger partial charge in [-0.15, -0.1) is 11.3 Å². The molecule has 0 saturated carbocycles. The van der Waals surface area contributed by atoms with Crippen LogP contribution in [0.5, 0.6) is 5.75 Å². The van der Waals surface area contributed by atoms with Gasteiger partial charge in [-0.05, 0) is 35.0 Å². The van der Waals surface area contributed by atoms with E-state index in [1.807, 2.05) is 36.6 Å². The predicted molar refractivity (Wildman–Crippen MR) is 65.3 cm³/mol. The van der Waals surface area contributed by atoms with Crippen LogP contribution in [0.15, 0.2) is 34.1 Å². The zero-order valence-corrected chi connectivity index (χ0v) is 10.6. The molecule has 2 rings (SSSR count). The van der Waals surface area contributed by atoms with E-state index in [-0.39, 0.29) is 0 Å². The Hall–Kier alpha value is -0.870. The first-order chi connectivity index (χ1) is 7.25. The molecule has 2 aromatic rings. The van der Waals surface area contributed by atoms with Gasteiger partial charge in [-0.3, -0.25) is 0 Å². The second-order valence-electron chi connectivity index (χ2n) is 3.08. The van der Waals surface area contributed by atoms with Gasteiger partial charge in [0.05, 0.1) is 15.2 Å². The van der Waals surface area contributed by atoms with Crippen LogP contribution in [0.1, 0.15) is 10.7 Å². The van der Waals surface area contributed by atoms with Crippen LogP contribution in [-0.4, -0.2) is 4.98 Å². The molecule has 0 amide bonds. The molecule has 1 aromatic carbocycles. The van der Waals surface area contributed by atoms with Crippen LogP contribution in [0.3, 0.4) is 0 Å². The lowest BCUT2D eigenvalue weighted by Gasteiger charge is -2.05. The second kappa shape index (κ2) is 4.77. The summed E-state index contributed by atoms with van der Waals surface area (Å²) in [7, 11) is 0. The molecule has 0 bridgehead atoms. The maximum Gasteiger partial charge on any atom is 0.134 e. The number of hydrogen-bond acceptors (Lipinski definition) is 3. The smallest absolute Gasteiger partial charge is 0.134 e. The van der Waals surface area contributed by atoms with E-state index >= 15 is 0 Å². The average Bonchev–Trinajstić information content (AvgIpc) is 2.63. The number of para-hydroxylation sites is 1. The number of thiazole rings is 1. The Kier molecular flexibility index (Phi) is 3.38. The van der Waals surface area contributed by atoms with Gasteiger partial charge >= 0.3 is 0 Å². The molecule has 2 nitrogen and oxygen atoms in total. The van der Waals surface area contributed by atoms with Crippen molar-refractivity contribution in [3.63, 3.8) is 0 Å². The van der Waals surface area contributed by atoms with Crippen LogP contribution >= 0.6 is 27.3 Å². The zero-order chi connectivity index (χ0) is 10.7. The van der Waals surface area contributed by atoms with Gasteiger partial charge in [0.2, 0.25) is 0 Å². The van der Waals surface area contributed by atoms with Gasteiger partial charge in [-0.25, -0.2) is 4.98 Å². The lowest BCUT2D eigenvalue weighted by atomic mass is 10.3. The van der Waals surface area contributed by atoms with Crippen molar-refractivity contribution < 1.29 is 4.74 Å². The molecule has 0 unspecified atom stereocenters. The van der Waals surface area contributed by atoms with Gasteiger partial charge in [-0.2, -0.15) is 0 Å². The predicted octanol–water partition coefficient (Wildman–Crippen LogP) is 3.79. The summed E-state index contributed by atoms with van der Waals surface area (Å²) in [5, 5.41) is 3.09. The van der Waals surface area contributed by atoms with Crippen LogP contribution in [-0.2, 0) is 6.61 Å². The Bertz CT molecular complexity index is 455. The van der Waals surface area contributed by atoms with E-state index in [1.54, 1.807) is 11.3 Å². The molecule has 0 aliphatic carbocycles. The Balaban J connectivity index is 2.02. The van der Waals surface area contributed by atoms with Crippen molar-refractivity contribution in [3.05, 3.63) is 44.8 Å². The number of halogens is 1. The topological polar surface area (TPSA) is 22.1 Å². The maximum atomic E-state index is 5.63. The quantitative estimate of drug-likeness (QED) is 0.855. The molecule has 0 aliphatic rings. The van der Waals surface area contributed by atoms with Crippen LogP contribution in [0, 0.1) is 6.92 Å². The van der Waals surface area contributed by atoms with Gasteiger partial charge < -0.3 is 4.74 Å². The summed E-state index contributed by atoms with van der Waals surface area (Å²) in [5.41, 5.74) is 0.980. The highest BCUT2D eigenvalue weighted by Crippen LogP contribution is 2.24. The first-order valence-corrected chi connectivity index (χ1v) is 6.21. The van der Waals surface area contributed by atoms with E-state index in [9.17, 15) is 0 Å². The number of nitrogens with zero attached hydrogens (tertiary/aromatic N) is 1. The third-order valence-corrected chi connectivity index (χ3v) is 3.36. The summed E-state index contributed by atoms with van der Waals surface area (Å²) >= 11 is 5.07. The van der Waals surface area contributed by atoms with Crippen molar-refractivity contribution in [2.45, 2.75) is 13.5 Å². The third kappa shape index (κ3) is 2.79. The van der Waals surface area contributed by atoms with Crippen molar-refractivity contribution in [2.24, 2.45) is 0 Å². The summed E-state index contributed by atoms with van der Waals surface area (Å²) in [6, 6.07) is 7.81. The number of rotatable bonds is 3. The Labute approximate surface area is 101 Å². The Morgan fingerprint density at radius 1 is 1.40 bits per heavy atom. The van der Waals surface area contributed by atoms with Gasteiger partial charge in [-0.1, -0.05) is 12.1 Å². The summed E-state index contributed by atoms with van der Waals surface area (Å²) in [4.78, 5) is 4.33. The third-order valence-electron chi connectivity index (χ3n) is 1.88. The number of ether oxygens (including phenoxy) is 1. The van der Waals surface area contributed by atoms with Crippen LogP contribution < -0.4 is 4.74 Å². The molecule has 0 N–H and O–H groups in total. The van der Waals surface area contributed by atoms with Crippen molar-refractivity contribution >= 4 is 27.3 Å². The van der Waals surface area contributed by atoms with Crippen LogP contribution in [0.4, 0.5) is 0 Å². The fraction of sp³-hybridized carbons (Fsp3) is 0.182. The number of aromatic nitrogens is 1. The lowest BCUT2D eigenvalue weighted by molar-refractivity contribution is 0.300. The minimum Gasteiger partial charge on any atom is -0.486 e. The lowest BCUT2D eigenvalue weighted by Crippen LogP contribution is -1.96. The van der Waals surface area contributed by atoms with E-state index in [0.29, 0.717) is 6.61 Å². The standard InChI is InChI=1S/C11H10BrNOS/c1-8-13-9(7-15-8)6-14-11-5-3-2-4-10(11)12/h2-5,7H,6H2,1H3. The summed E-state index contributed by atoms with van der Waals surface area (Å²) in [6.07, 6.45) is 0. The van der Waals surface area contributed by atoms with E-state index in [1.165, 1.54) is 0 Å². The monoisotopic (exact) mass is 283 g/mol. The molecule has 0 radical (unpaired) electrons. The fourth-order valence-electron chi connectivity index (χ4n) is 1.19. The summed E-state index contributed by atoms with van der Waals surface area (Å²) in [5.74, 6) is 0.850. The minimum atomic E-state index is 0.521. The molecular formula is C11H10BrNOS. The molecule has 0 aliphatic heterocycles. The SMILES string of the molecule is Cc1nc(COc2ccccc2Br)cs1. The average molecular weight is 284 g/mol. The van der Waals surface area contributed by atoms with Crippen molar-refractivity contribution in [3.8, 4) is 5.75 Å². The number of benzene rings is 1. The Morgan fingerprint density at radius 2 is 2.20 bits per heavy atom. The van der Waals surface area contributed by atoms with Gasteiger partial charge in [0.25, 0.3) is 0 Å². The second-order valence-corrected chi connectivity index (χ2v) is 4.99. The Morgan fingerprint density at radius 3 is 2.87 bits per heavy atom. The van der Waals surface area contributed by atoms with Crippen LogP contribution in [0.2, 0.25) is 0 Å². The molecule has 0 saturated heterocycles.